The summed E-state index contributed by atoms with van der Waals surface area (Å²) >= 11 is 0. The lowest BCUT2D eigenvalue weighted by molar-refractivity contribution is -0.108. The molecule has 0 saturated carbocycles. The van der Waals surface area contributed by atoms with Crippen LogP contribution in [0, 0.1) is 0 Å². The number of carbonyl (C=O) groups excluding carboxylic acids is 1. The van der Waals surface area contributed by atoms with Crippen molar-refractivity contribution in [3.63, 3.8) is 0 Å². The van der Waals surface area contributed by atoms with Crippen LogP contribution in [-0.4, -0.2) is 18.4 Å². The SMILES string of the molecule is CC1CC(C=O)N(c2ccccc2)N1. The van der Waals surface area contributed by atoms with E-state index in [1.165, 1.54) is 0 Å². The monoisotopic (exact) mass is 190 g/mol. The van der Waals surface area contributed by atoms with Gasteiger partial charge in [-0.15, -0.1) is 0 Å². The molecule has 2 unspecified atom stereocenters. The van der Waals surface area contributed by atoms with Crippen LogP contribution >= 0.6 is 0 Å². The average molecular weight is 190 g/mol. The van der Waals surface area contributed by atoms with Crippen LogP contribution in [0.2, 0.25) is 0 Å². The summed E-state index contributed by atoms with van der Waals surface area (Å²) in [6.07, 6.45) is 1.88. The third kappa shape index (κ3) is 1.63. The van der Waals surface area contributed by atoms with Gasteiger partial charge in [0, 0.05) is 6.04 Å². The fourth-order valence-corrected chi connectivity index (χ4v) is 1.82. The van der Waals surface area contributed by atoms with Gasteiger partial charge in [0.05, 0.1) is 5.69 Å². The van der Waals surface area contributed by atoms with Gasteiger partial charge in [0.15, 0.2) is 0 Å². The fourth-order valence-electron chi connectivity index (χ4n) is 1.82. The van der Waals surface area contributed by atoms with Crippen molar-refractivity contribution in [2.45, 2.75) is 25.4 Å². The number of benzene rings is 1. The molecule has 0 bridgehead atoms. The molecule has 1 N–H and O–H groups in total. The smallest absolute Gasteiger partial charge is 0.144 e. The second-order valence-corrected chi connectivity index (χ2v) is 3.67. The van der Waals surface area contributed by atoms with Gasteiger partial charge >= 0.3 is 0 Å². The highest BCUT2D eigenvalue weighted by Gasteiger charge is 2.28. The molecule has 0 amide bonds. The maximum absolute atomic E-state index is 10.9. The molecule has 0 aromatic heterocycles. The van der Waals surface area contributed by atoms with Gasteiger partial charge in [0.25, 0.3) is 0 Å². The van der Waals surface area contributed by atoms with Crippen LogP contribution in [0.1, 0.15) is 13.3 Å². The first kappa shape index (κ1) is 9.21. The molecule has 1 fully saturated rings. The van der Waals surface area contributed by atoms with Gasteiger partial charge in [-0.1, -0.05) is 18.2 Å². The zero-order chi connectivity index (χ0) is 9.97. The van der Waals surface area contributed by atoms with Crippen LogP contribution in [0.25, 0.3) is 0 Å². The van der Waals surface area contributed by atoms with E-state index in [0.717, 1.165) is 18.4 Å². The number of anilines is 1. The number of para-hydroxylation sites is 1. The van der Waals surface area contributed by atoms with Crippen molar-refractivity contribution in [1.29, 1.82) is 0 Å². The molecular weight excluding hydrogens is 176 g/mol. The van der Waals surface area contributed by atoms with Crippen molar-refractivity contribution in [3.8, 4) is 0 Å². The Labute approximate surface area is 83.7 Å². The molecule has 1 aliphatic heterocycles. The van der Waals surface area contributed by atoms with Crippen molar-refractivity contribution in [2.24, 2.45) is 0 Å². The number of hydrogen-bond donors (Lipinski definition) is 1. The first-order chi connectivity index (χ1) is 6.81. The number of carbonyl (C=O) groups is 1. The van der Waals surface area contributed by atoms with Gasteiger partial charge in [-0.2, -0.15) is 0 Å². The molecule has 0 aliphatic carbocycles. The lowest BCUT2D eigenvalue weighted by Gasteiger charge is -2.22. The van der Waals surface area contributed by atoms with Crippen LogP contribution in [0.4, 0.5) is 5.69 Å². The molecule has 1 aromatic carbocycles. The van der Waals surface area contributed by atoms with Crippen LogP contribution < -0.4 is 10.4 Å². The number of nitrogens with zero attached hydrogens (tertiary/aromatic N) is 1. The number of nitrogens with one attached hydrogen (secondary N) is 1. The van der Waals surface area contributed by atoms with E-state index in [1.807, 2.05) is 35.3 Å². The molecule has 3 nitrogen and oxygen atoms in total. The first-order valence-electron chi connectivity index (χ1n) is 4.87. The summed E-state index contributed by atoms with van der Waals surface area (Å²) in [7, 11) is 0. The Hall–Kier alpha value is -1.35. The average Bonchev–Trinajstić information content (AvgIpc) is 2.61. The number of hydrogen-bond acceptors (Lipinski definition) is 3. The lowest BCUT2D eigenvalue weighted by atomic mass is 10.1. The van der Waals surface area contributed by atoms with E-state index in [9.17, 15) is 4.79 Å². The van der Waals surface area contributed by atoms with Crippen molar-refractivity contribution in [2.75, 3.05) is 5.01 Å². The third-order valence-electron chi connectivity index (χ3n) is 2.48. The number of aldehydes is 1. The Kier molecular flexibility index (Phi) is 2.50. The Morgan fingerprint density at radius 2 is 2.14 bits per heavy atom. The van der Waals surface area contributed by atoms with Crippen LogP contribution in [0.3, 0.4) is 0 Å². The highest BCUT2D eigenvalue weighted by molar-refractivity contribution is 5.66. The van der Waals surface area contributed by atoms with Crippen LogP contribution in [0.5, 0.6) is 0 Å². The van der Waals surface area contributed by atoms with Gasteiger partial charge in [-0.3, -0.25) is 5.01 Å². The zero-order valence-corrected chi connectivity index (χ0v) is 8.18. The minimum Gasteiger partial charge on any atom is -0.301 e. The highest BCUT2D eigenvalue weighted by atomic mass is 16.1. The molecule has 1 saturated heterocycles. The summed E-state index contributed by atoms with van der Waals surface area (Å²) in [6, 6.07) is 10.3. The highest BCUT2D eigenvalue weighted by Crippen LogP contribution is 2.21. The Morgan fingerprint density at radius 1 is 1.43 bits per heavy atom. The Bertz CT molecular complexity index is 312. The van der Waals surface area contributed by atoms with E-state index in [0.29, 0.717) is 6.04 Å². The van der Waals surface area contributed by atoms with E-state index < -0.39 is 0 Å². The molecule has 1 aliphatic rings. The maximum atomic E-state index is 10.9. The summed E-state index contributed by atoms with van der Waals surface area (Å²) in [5.74, 6) is 0. The van der Waals surface area contributed by atoms with Crippen LogP contribution in [0.15, 0.2) is 30.3 Å². The normalized spacial score (nSPS) is 26.5. The van der Waals surface area contributed by atoms with Crippen molar-refractivity contribution >= 4 is 12.0 Å². The van der Waals surface area contributed by atoms with Gasteiger partial charge < -0.3 is 4.79 Å². The molecule has 0 radical (unpaired) electrons. The van der Waals surface area contributed by atoms with Crippen LogP contribution in [-0.2, 0) is 4.79 Å². The number of hydrazine groups is 1. The molecule has 74 valence electrons. The second kappa shape index (κ2) is 3.80. The van der Waals surface area contributed by atoms with E-state index >= 15 is 0 Å². The Balaban J connectivity index is 2.22. The molecule has 14 heavy (non-hydrogen) atoms. The van der Waals surface area contributed by atoms with Gasteiger partial charge in [0.2, 0.25) is 0 Å². The molecule has 2 atom stereocenters. The zero-order valence-electron chi connectivity index (χ0n) is 8.18. The van der Waals surface area contributed by atoms with E-state index in [1.54, 1.807) is 0 Å². The van der Waals surface area contributed by atoms with Crippen molar-refractivity contribution in [1.82, 2.24) is 5.43 Å². The summed E-state index contributed by atoms with van der Waals surface area (Å²) < 4.78 is 0. The molecule has 1 heterocycles. The van der Waals surface area contributed by atoms with E-state index in [-0.39, 0.29) is 6.04 Å². The second-order valence-electron chi connectivity index (χ2n) is 3.67. The van der Waals surface area contributed by atoms with Crippen molar-refractivity contribution in [3.05, 3.63) is 30.3 Å². The van der Waals surface area contributed by atoms with Gasteiger partial charge in [0.1, 0.15) is 12.3 Å². The largest absolute Gasteiger partial charge is 0.301 e. The van der Waals surface area contributed by atoms with E-state index in [4.69, 9.17) is 0 Å². The summed E-state index contributed by atoms with van der Waals surface area (Å²) in [4.78, 5) is 10.9. The molecule has 1 aromatic rings. The third-order valence-corrected chi connectivity index (χ3v) is 2.48. The molecule has 2 rings (SSSR count). The molecular formula is C11H14N2O. The van der Waals surface area contributed by atoms with Gasteiger partial charge in [-0.25, -0.2) is 5.43 Å². The minimum atomic E-state index is -0.0348. The number of rotatable bonds is 2. The van der Waals surface area contributed by atoms with E-state index in [2.05, 4.69) is 12.3 Å². The van der Waals surface area contributed by atoms with Gasteiger partial charge in [-0.05, 0) is 25.5 Å². The minimum absolute atomic E-state index is 0.0348. The summed E-state index contributed by atoms with van der Waals surface area (Å²) in [6.45, 7) is 2.08. The predicted molar refractivity (Wildman–Crippen MR) is 56.0 cm³/mol. The quantitative estimate of drug-likeness (QED) is 0.715. The standard InChI is InChI=1S/C11H14N2O/c1-9-7-11(8-14)13(12-9)10-5-3-2-4-6-10/h2-6,8-9,11-12H,7H2,1H3. The van der Waals surface area contributed by atoms with Crippen molar-refractivity contribution < 1.29 is 4.79 Å². The first-order valence-corrected chi connectivity index (χ1v) is 4.87. The topological polar surface area (TPSA) is 32.3 Å². The molecule has 0 spiro atoms. The predicted octanol–water partition coefficient (Wildman–Crippen LogP) is 1.36. The maximum Gasteiger partial charge on any atom is 0.144 e. The molecule has 3 heteroatoms. The summed E-state index contributed by atoms with van der Waals surface area (Å²) in [5, 5.41) is 1.94. The summed E-state index contributed by atoms with van der Waals surface area (Å²) in [5.41, 5.74) is 4.32. The Morgan fingerprint density at radius 3 is 2.79 bits per heavy atom. The fraction of sp³-hybridized carbons (Fsp3) is 0.364. The lowest BCUT2D eigenvalue weighted by Crippen LogP contribution is -2.39.